The topological polar surface area (TPSA) is 72.4 Å². The maximum absolute atomic E-state index is 12.6. The van der Waals surface area contributed by atoms with E-state index < -0.39 is 0 Å². The molecule has 6 heteroatoms. The molecule has 0 aliphatic rings. The number of amides is 2. The Morgan fingerprint density at radius 3 is 2.27 bits per heavy atom. The third-order valence-corrected chi connectivity index (χ3v) is 4.86. The summed E-state index contributed by atoms with van der Waals surface area (Å²) >= 11 is 0. The van der Waals surface area contributed by atoms with E-state index >= 15 is 0 Å². The van der Waals surface area contributed by atoms with Crippen LogP contribution in [-0.2, 0) is 0 Å². The number of hydrogen-bond donors (Lipinski definition) is 2. The Balaban J connectivity index is 1.62. The van der Waals surface area contributed by atoms with Crippen molar-refractivity contribution in [2.45, 2.75) is 33.6 Å². The zero-order valence-corrected chi connectivity index (χ0v) is 17.6. The molecule has 0 fully saturated rings. The van der Waals surface area contributed by atoms with Crippen molar-refractivity contribution in [1.82, 2.24) is 15.4 Å². The number of rotatable bonds is 7. The van der Waals surface area contributed by atoms with Gasteiger partial charge in [0.25, 0.3) is 11.8 Å². The van der Waals surface area contributed by atoms with Gasteiger partial charge in [0.15, 0.2) is 0 Å². The van der Waals surface area contributed by atoms with Gasteiger partial charge in [0.1, 0.15) is 5.75 Å². The van der Waals surface area contributed by atoms with E-state index in [4.69, 9.17) is 4.74 Å². The van der Waals surface area contributed by atoms with Crippen molar-refractivity contribution in [2.24, 2.45) is 0 Å². The number of carbonyl (C=O) groups excluding carboxylic acids is 2. The number of aromatic nitrogens is 1. The lowest BCUT2D eigenvalue weighted by atomic mass is 10.2. The number of aryl methyl sites for hydroxylation is 1. The molecule has 30 heavy (non-hydrogen) atoms. The molecule has 0 saturated heterocycles. The molecule has 0 radical (unpaired) electrons. The van der Waals surface area contributed by atoms with Crippen LogP contribution < -0.4 is 15.6 Å². The minimum atomic E-state index is -0.389. The number of unbranched alkanes of at least 4 members (excludes halogenated alkanes) is 1. The van der Waals surface area contributed by atoms with Crippen molar-refractivity contribution in [3.05, 3.63) is 83.2 Å². The number of hydrogen-bond acceptors (Lipinski definition) is 3. The molecule has 0 atom stereocenters. The SMILES string of the molecule is CCCCOc1ccc(C(=O)NNC(=O)c2cc(C)n(-c3ccccc3)c2C)cc1. The van der Waals surface area contributed by atoms with E-state index in [1.165, 1.54) is 0 Å². The van der Waals surface area contributed by atoms with E-state index in [1.807, 2.05) is 54.8 Å². The molecular weight excluding hydrogens is 378 g/mol. The maximum atomic E-state index is 12.6. The molecule has 3 rings (SSSR count). The Morgan fingerprint density at radius 2 is 1.60 bits per heavy atom. The zero-order chi connectivity index (χ0) is 21.5. The first-order chi connectivity index (χ1) is 14.5. The van der Waals surface area contributed by atoms with Crippen molar-refractivity contribution < 1.29 is 14.3 Å². The van der Waals surface area contributed by atoms with Crippen LogP contribution in [0.2, 0.25) is 0 Å². The van der Waals surface area contributed by atoms with Crippen LogP contribution in [0.25, 0.3) is 5.69 Å². The first-order valence-corrected chi connectivity index (χ1v) is 10.1. The highest BCUT2D eigenvalue weighted by Crippen LogP contribution is 2.20. The Labute approximate surface area is 176 Å². The summed E-state index contributed by atoms with van der Waals surface area (Å²) in [6.07, 6.45) is 2.05. The van der Waals surface area contributed by atoms with Gasteiger partial charge in [-0.25, -0.2) is 0 Å². The highest BCUT2D eigenvalue weighted by molar-refractivity contribution is 6.00. The lowest BCUT2D eigenvalue weighted by molar-refractivity contribution is 0.0846. The maximum Gasteiger partial charge on any atom is 0.271 e. The lowest BCUT2D eigenvalue weighted by Crippen LogP contribution is -2.41. The second kappa shape index (κ2) is 9.78. The Bertz CT molecular complexity index is 1010. The summed E-state index contributed by atoms with van der Waals surface area (Å²) in [6.45, 7) is 6.58. The predicted molar refractivity (Wildman–Crippen MR) is 117 cm³/mol. The Kier molecular flexibility index (Phi) is 6.91. The van der Waals surface area contributed by atoms with E-state index in [9.17, 15) is 9.59 Å². The molecule has 1 aromatic heterocycles. The number of nitrogens with one attached hydrogen (secondary N) is 2. The third-order valence-electron chi connectivity index (χ3n) is 4.86. The Hall–Kier alpha value is -3.54. The van der Waals surface area contributed by atoms with Crippen molar-refractivity contribution >= 4 is 11.8 Å². The summed E-state index contributed by atoms with van der Waals surface area (Å²) in [6, 6.07) is 18.5. The van der Waals surface area contributed by atoms with Gasteiger partial charge < -0.3 is 9.30 Å². The summed E-state index contributed by atoms with van der Waals surface area (Å²) in [5, 5.41) is 0. The molecular formula is C24H27N3O3. The van der Waals surface area contributed by atoms with Crippen LogP contribution in [0.1, 0.15) is 51.9 Å². The average Bonchev–Trinajstić information content (AvgIpc) is 3.07. The van der Waals surface area contributed by atoms with E-state index in [2.05, 4.69) is 17.8 Å². The van der Waals surface area contributed by atoms with Crippen LogP contribution in [0.15, 0.2) is 60.7 Å². The second-order valence-corrected chi connectivity index (χ2v) is 7.09. The van der Waals surface area contributed by atoms with Gasteiger partial charge in [0, 0.05) is 22.6 Å². The molecule has 2 N–H and O–H groups in total. The molecule has 0 aliphatic carbocycles. The molecule has 0 saturated carbocycles. The summed E-state index contributed by atoms with van der Waals surface area (Å²) in [7, 11) is 0. The van der Waals surface area contributed by atoms with Gasteiger partial charge in [-0.1, -0.05) is 31.5 Å². The van der Waals surface area contributed by atoms with E-state index in [1.54, 1.807) is 24.3 Å². The molecule has 3 aromatic rings. The fourth-order valence-electron chi connectivity index (χ4n) is 3.26. The summed E-state index contributed by atoms with van der Waals surface area (Å²) in [5.74, 6) is -0.0316. The normalized spacial score (nSPS) is 10.5. The van der Waals surface area contributed by atoms with Gasteiger partial charge in [0.05, 0.1) is 12.2 Å². The molecule has 0 bridgehead atoms. The number of hydrazine groups is 1. The fraction of sp³-hybridized carbons (Fsp3) is 0.250. The monoisotopic (exact) mass is 405 g/mol. The second-order valence-electron chi connectivity index (χ2n) is 7.09. The van der Waals surface area contributed by atoms with Crippen LogP contribution in [0.4, 0.5) is 0 Å². The molecule has 1 heterocycles. The van der Waals surface area contributed by atoms with E-state index in [0.717, 1.165) is 35.7 Å². The highest BCUT2D eigenvalue weighted by atomic mass is 16.5. The summed E-state index contributed by atoms with van der Waals surface area (Å²) in [5.41, 5.74) is 8.65. The van der Waals surface area contributed by atoms with Gasteiger partial charge >= 0.3 is 0 Å². The standard InChI is InChI=1S/C24H27N3O3/c1-4-5-15-30-21-13-11-19(12-14-21)23(28)25-26-24(29)22-16-17(2)27(18(22)3)20-9-7-6-8-10-20/h6-14,16H,4-5,15H2,1-3H3,(H,25,28)(H,26,29). The van der Waals surface area contributed by atoms with Crippen molar-refractivity contribution in [1.29, 1.82) is 0 Å². The predicted octanol–water partition coefficient (Wildman–Crippen LogP) is 4.35. The Morgan fingerprint density at radius 1 is 0.933 bits per heavy atom. The summed E-state index contributed by atoms with van der Waals surface area (Å²) < 4.78 is 7.60. The van der Waals surface area contributed by atoms with Crippen molar-refractivity contribution in [3.8, 4) is 11.4 Å². The zero-order valence-electron chi connectivity index (χ0n) is 17.6. The van der Waals surface area contributed by atoms with Gasteiger partial charge in [-0.2, -0.15) is 0 Å². The number of benzene rings is 2. The molecule has 0 aliphatic heterocycles. The van der Waals surface area contributed by atoms with Gasteiger partial charge in [-0.3, -0.25) is 20.4 Å². The lowest BCUT2D eigenvalue weighted by Gasteiger charge is -2.11. The van der Waals surface area contributed by atoms with E-state index in [-0.39, 0.29) is 11.8 Å². The van der Waals surface area contributed by atoms with E-state index in [0.29, 0.717) is 17.7 Å². The largest absolute Gasteiger partial charge is 0.494 e. The number of para-hydroxylation sites is 1. The van der Waals surface area contributed by atoms with Gasteiger partial charge in [-0.05, 0) is 62.7 Å². The van der Waals surface area contributed by atoms with Crippen molar-refractivity contribution in [3.63, 3.8) is 0 Å². The van der Waals surface area contributed by atoms with Crippen molar-refractivity contribution in [2.75, 3.05) is 6.61 Å². The minimum Gasteiger partial charge on any atom is -0.494 e. The van der Waals surface area contributed by atoms with Crippen LogP contribution in [-0.4, -0.2) is 23.0 Å². The van der Waals surface area contributed by atoms with Crippen LogP contribution >= 0.6 is 0 Å². The third kappa shape index (κ3) is 4.89. The number of ether oxygens (including phenoxy) is 1. The van der Waals surface area contributed by atoms with Crippen LogP contribution in [0.3, 0.4) is 0 Å². The smallest absolute Gasteiger partial charge is 0.271 e. The van der Waals surface area contributed by atoms with Gasteiger partial charge in [-0.15, -0.1) is 0 Å². The average molecular weight is 405 g/mol. The molecule has 156 valence electrons. The molecule has 6 nitrogen and oxygen atoms in total. The van der Waals surface area contributed by atoms with Crippen LogP contribution in [0.5, 0.6) is 5.75 Å². The van der Waals surface area contributed by atoms with Crippen LogP contribution in [0, 0.1) is 13.8 Å². The first kappa shape index (κ1) is 21.2. The molecule has 0 spiro atoms. The molecule has 2 aromatic carbocycles. The molecule has 2 amide bonds. The minimum absolute atomic E-state index is 0.363. The first-order valence-electron chi connectivity index (χ1n) is 10.1. The summed E-state index contributed by atoms with van der Waals surface area (Å²) in [4.78, 5) is 25.0. The molecule has 0 unspecified atom stereocenters. The van der Waals surface area contributed by atoms with Gasteiger partial charge in [0.2, 0.25) is 0 Å². The quantitative estimate of drug-likeness (QED) is 0.453. The number of nitrogens with zero attached hydrogens (tertiary/aromatic N) is 1. The fourth-order valence-corrected chi connectivity index (χ4v) is 3.26. The highest BCUT2D eigenvalue weighted by Gasteiger charge is 2.17. The number of carbonyl (C=O) groups is 2.